The summed E-state index contributed by atoms with van der Waals surface area (Å²) in [6.07, 6.45) is 7.14. The van der Waals surface area contributed by atoms with Crippen LogP contribution in [0, 0.1) is 5.41 Å². The molecule has 0 aromatic heterocycles. The fourth-order valence-corrected chi connectivity index (χ4v) is 1.07. The predicted molar refractivity (Wildman–Crippen MR) is 64.3 cm³/mol. The van der Waals surface area contributed by atoms with E-state index in [0.717, 1.165) is 5.70 Å². The minimum absolute atomic E-state index is 0.124. The fraction of sp³-hybridized carbons (Fsp3) is 0.364. The van der Waals surface area contributed by atoms with Crippen LogP contribution < -0.4 is 16.2 Å². The number of nitrogens with one attached hydrogen (secondary N) is 4. The average Bonchev–Trinajstić information content (AvgIpc) is 2.16. The van der Waals surface area contributed by atoms with Crippen molar-refractivity contribution in [3.8, 4) is 0 Å². The van der Waals surface area contributed by atoms with Crippen LogP contribution in [0.3, 0.4) is 0 Å². The van der Waals surface area contributed by atoms with Gasteiger partial charge in [-0.15, -0.1) is 0 Å². The lowest BCUT2D eigenvalue weighted by Gasteiger charge is -2.19. The molecule has 0 saturated heterocycles. The highest BCUT2D eigenvalue weighted by Crippen LogP contribution is 2.04. The van der Waals surface area contributed by atoms with E-state index < -0.39 is 0 Å². The molecule has 0 aromatic carbocycles. The second kappa shape index (κ2) is 5.85. The largest absolute Gasteiger partial charge is 0.475 e. The predicted octanol–water partition coefficient (Wildman–Crippen LogP) is 1.34. The van der Waals surface area contributed by atoms with Crippen molar-refractivity contribution < 1.29 is 4.74 Å². The van der Waals surface area contributed by atoms with Crippen LogP contribution in [0.2, 0.25) is 0 Å². The van der Waals surface area contributed by atoms with Crippen LogP contribution in [0.4, 0.5) is 0 Å². The quantitative estimate of drug-likeness (QED) is 0.530. The Balaban J connectivity index is 2.51. The van der Waals surface area contributed by atoms with E-state index >= 15 is 0 Å². The highest BCUT2D eigenvalue weighted by molar-refractivity contribution is 5.89. The topological polar surface area (TPSA) is 69.2 Å². The number of ether oxygens (including phenoxy) is 1. The highest BCUT2D eigenvalue weighted by Gasteiger charge is 2.05. The Morgan fingerprint density at radius 2 is 2.31 bits per heavy atom. The zero-order valence-electron chi connectivity index (χ0n) is 9.79. The molecule has 0 amide bonds. The van der Waals surface area contributed by atoms with Gasteiger partial charge in [-0.2, -0.15) is 0 Å². The molecule has 1 aliphatic rings. The summed E-state index contributed by atoms with van der Waals surface area (Å²) in [6, 6.07) is 0. The first-order valence-electron chi connectivity index (χ1n) is 5.16. The van der Waals surface area contributed by atoms with E-state index in [0.29, 0.717) is 11.6 Å². The summed E-state index contributed by atoms with van der Waals surface area (Å²) in [5.41, 5.74) is 7.12. The average molecular weight is 222 g/mol. The lowest BCUT2D eigenvalue weighted by atomic mass is 10.3. The number of hydrazine groups is 1. The van der Waals surface area contributed by atoms with Gasteiger partial charge in [-0.25, -0.2) is 0 Å². The maximum atomic E-state index is 7.23. The van der Waals surface area contributed by atoms with Gasteiger partial charge in [0, 0.05) is 24.2 Å². The standard InChI is InChI=1S/C11H18N4O/c1-8(2)16-11-6-10(7-14-15-11)13-5-4-9(3)12/h4-8,12-15H,1-3H3/b5-4-,12-9?. The summed E-state index contributed by atoms with van der Waals surface area (Å²) >= 11 is 0. The zero-order chi connectivity index (χ0) is 12.0. The molecule has 0 spiro atoms. The van der Waals surface area contributed by atoms with Crippen LogP contribution >= 0.6 is 0 Å². The van der Waals surface area contributed by atoms with Gasteiger partial charge in [0.1, 0.15) is 0 Å². The molecule has 1 rings (SSSR count). The number of hydrogen-bond acceptors (Lipinski definition) is 5. The summed E-state index contributed by atoms with van der Waals surface area (Å²) in [7, 11) is 0. The van der Waals surface area contributed by atoms with E-state index in [1.807, 2.05) is 19.9 Å². The number of hydrogen-bond donors (Lipinski definition) is 4. The number of rotatable bonds is 5. The first-order valence-corrected chi connectivity index (χ1v) is 5.16. The molecule has 0 aromatic rings. The van der Waals surface area contributed by atoms with Crippen molar-refractivity contribution >= 4 is 5.71 Å². The Labute approximate surface area is 95.7 Å². The lowest BCUT2D eigenvalue weighted by Crippen LogP contribution is -2.33. The van der Waals surface area contributed by atoms with Gasteiger partial charge in [0.2, 0.25) is 5.88 Å². The molecule has 16 heavy (non-hydrogen) atoms. The molecule has 88 valence electrons. The van der Waals surface area contributed by atoms with Crippen LogP contribution in [-0.4, -0.2) is 11.8 Å². The first kappa shape index (κ1) is 12.2. The molecule has 5 heteroatoms. The summed E-state index contributed by atoms with van der Waals surface area (Å²) in [5, 5.41) is 10.3. The van der Waals surface area contributed by atoms with Gasteiger partial charge in [-0.05, 0) is 26.8 Å². The monoisotopic (exact) mass is 222 g/mol. The van der Waals surface area contributed by atoms with E-state index in [1.165, 1.54) is 0 Å². The van der Waals surface area contributed by atoms with Gasteiger partial charge in [-0.3, -0.25) is 5.43 Å². The van der Waals surface area contributed by atoms with Gasteiger partial charge in [0.05, 0.1) is 11.8 Å². The van der Waals surface area contributed by atoms with Crippen LogP contribution in [0.25, 0.3) is 0 Å². The van der Waals surface area contributed by atoms with E-state index in [2.05, 4.69) is 16.2 Å². The van der Waals surface area contributed by atoms with Crippen LogP contribution in [0.5, 0.6) is 0 Å². The molecule has 0 unspecified atom stereocenters. The van der Waals surface area contributed by atoms with Gasteiger partial charge >= 0.3 is 0 Å². The third-order valence-electron chi connectivity index (χ3n) is 1.66. The molecule has 1 heterocycles. The van der Waals surface area contributed by atoms with Crippen molar-refractivity contribution in [3.05, 3.63) is 36.1 Å². The van der Waals surface area contributed by atoms with E-state index in [4.69, 9.17) is 10.1 Å². The molecule has 0 saturated carbocycles. The fourth-order valence-electron chi connectivity index (χ4n) is 1.07. The molecule has 5 nitrogen and oxygen atoms in total. The molecular weight excluding hydrogens is 204 g/mol. The van der Waals surface area contributed by atoms with Crippen molar-refractivity contribution in [3.63, 3.8) is 0 Å². The molecule has 4 N–H and O–H groups in total. The number of allylic oxidation sites excluding steroid dienone is 2. The minimum Gasteiger partial charge on any atom is -0.475 e. The Kier molecular flexibility index (Phi) is 4.44. The summed E-state index contributed by atoms with van der Waals surface area (Å²) in [5.74, 6) is 0.667. The maximum absolute atomic E-state index is 7.23. The maximum Gasteiger partial charge on any atom is 0.207 e. The lowest BCUT2D eigenvalue weighted by molar-refractivity contribution is 0.125. The summed E-state index contributed by atoms with van der Waals surface area (Å²) in [4.78, 5) is 0. The van der Waals surface area contributed by atoms with Crippen LogP contribution in [0.15, 0.2) is 36.1 Å². The molecular formula is C11H18N4O. The van der Waals surface area contributed by atoms with Gasteiger partial charge in [0.15, 0.2) is 0 Å². The van der Waals surface area contributed by atoms with Crippen molar-refractivity contribution in [2.24, 2.45) is 0 Å². The minimum atomic E-state index is 0.124. The van der Waals surface area contributed by atoms with E-state index in [1.54, 1.807) is 25.4 Å². The normalized spacial score (nSPS) is 15.0. The molecule has 0 aliphatic carbocycles. The smallest absolute Gasteiger partial charge is 0.207 e. The van der Waals surface area contributed by atoms with Crippen LogP contribution in [0.1, 0.15) is 20.8 Å². The third kappa shape index (κ3) is 4.54. The molecule has 0 bridgehead atoms. The molecule has 1 aliphatic heterocycles. The van der Waals surface area contributed by atoms with Gasteiger partial charge in [-0.1, -0.05) is 0 Å². The Hall–Kier alpha value is -1.91. The Bertz CT molecular complexity index is 342. The summed E-state index contributed by atoms with van der Waals surface area (Å²) < 4.78 is 5.49. The van der Waals surface area contributed by atoms with Gasteiger partial charge in [0.25, 0.3) is 0 Å². The van der Waals surface area contributed by atoms with Crippen LogP contribution in [-0.2, 0) is 4.74 Å². The van der Waals surface area contributed by atoms with Crippen molar-refractivity contribution in [2.75, 3.05) is 0 Å². The second-order valence-corrected chi connectivity index (χ2v) is 3.70. The Morgan fingerprint density at radius 3 is 2.94 bits per heavy atom. The summed E-state index contributed by atoms with van der Waals surface area (Å²) in [6.45, 7) is 5.65. The molecule has 0 radical (unpaired) electrons. The van der Waals surface area contributed by atoms with Crippen molar-refractivity contribution in [2.45, 2.75) is 26.9 Å². The molecule has 0 atom stereocenters. The second-order valence-electron chi connectivity index (χ2n) is 3.70. The van der Waals surface area contributed by atoms with Crippen molar-refractivity contribution in [1.29, 1.82) is 5.41 Å². The van der Waals surface area contributed by atoms with E-state index in [-0.39, 0.29) is 6.10 Å². The Morgan fingerprint density at radius 1 is 1.56 bits per heavy atom. The van der Waals surface area contributed by atoms with Crippen molar-refractivity contribution in [1.82, 2.24) is 16.2 Å². The van der Waals surface area contributed by atoms with Gasteiger partial charge < -0.3 is 20.9 Å². The SMILES string of the molecule is CC(=N)/C=C\NC1=CNNC(OC(C)C)=C1. The zero-order valence-corrected chi connectivity index (χ0v) is 9.79. The highest BCUT2D eigenvalue weighted by atomic mass is 16.5. The molecule has 0 fully saturated rings. The van der Waals surface area contributed by atoms with E-state index in [9.17, 15) is 0 Å². The first-order chi connectivity index (χ1) is 7.58. The third-order valence-corrected chi connectivity index (χ3v) is 1.66.